The fraction of sp³-hybridized carbons (Fsp3) is 0.0870. The van der Waals surface area contributed by atoms with E-state index < -0.39 is 0 Å². The van der Waals surface area contributed by atoms with Crippen molar-refractivity contribution in [3.8, 4) is 0 Å². The van der Waals surface area contributed by atoms with Gasteiger partial charge in [0, 0.05) is 11.2 Å². The van der Waals surface area contributed by atoms with Crippen LogP contribution in [0.5, 0.6) is 0 Å². The van der Waals surface area contributed by atoms with Crippen LogP contribution < -0.4 is 5.43 Å². The SMILES string of the molecule is O=C(CSc1nc2ccccc2n1Cc1ccccc1Cl)N/N=C/C=C\c1ccco1. The fourth-order valence-corrected chi connectivity index (χ4v) is 3.95. The summed E-state index contributed by atoms with van der Waals surface area (Å²) >= 11 is 7.71. The molecule has 0 bridgehead atoms. The van der Waals surface area contributed by atoms with Gasteiger partial charge in [0.05, 0.1) is 29.6 Å². The third-order valence-corrected chi connectivity index (χ3v) is 5.74. The van der Waals surface area contributed by atoms with Crippen LogP contribution in [0.4, 0.5) is 0 Å². The Kier molecular flexibility index (Phi) is 6.86. The van der Waals surface area contributed by atoms with E-state index in [1.807, 2.05) is 54.6 Å². The number of thioether (sulfide) groups is 1. The molecule has 156 valence electrons. The minimum Gasteiger partial charge on any atom is -0.465 e. The molecule has 4 aromatic rings. The number of carbonyl (C=O) groups is 1. The van der Waals surface area contributed by atoms with E-state index in [0.717, 1.165) is 21.8 Å². The van der Waals surface area contributed by atoms with Gasteiger partial charge in [0.25, 0.3) is 5.91 Å². The third kappa shape index (κ3) is 5.45. The van der Waals surface area contributed by atoms with Crippen molar-refractivity contribution in [3.63, 3.8) is 0 Å². The molecule has 0 fully saturated rings. The van der Waals surface area contributed by atoms with Gasteiger partial charge in [0.1, 0.15) is 5.76 Å². The second-order valence-electron chi connectivity index (χ2n) is 6.54. The normalized spacial score (nSPS) is 11.6. The van der Waals surface area contributed by atoms with Gasteiger partial charge in [-0.15, -0.1) is 0 Å². The topological polar surface area (TPSA) is 72.4 Å². The molecule has 0 spiro atoms. The lowest BCUT2D eigenvalue weighted by Crippen LogP contribution is -2.19. The highest BCUT2D eigenvalue weighted by atomic mass is 35.5. The predicted molar refractivity (Wildman–Crippen MR) is 125 cm³/mol. The molecule has 2 aromatic carbocycles. The Bertz CT molecular complexity index is 1230. The largest absolute Gasteiger partial charge is 0.465 e. The van der Waals surface area contributed by atoms with Gasteiger partial charge in [0.2, 0.25) is 0 Å². The van der Waals surface area contributed by atoms with Crippen LogP contribution >= 0.6 is 23.4 Å². The van der Waals surface area contributed by atoms with Gasteiger partial charge in [-0.2, -0.15) is 5.10 Å². The van der Waals surface area contributed by atoms with Gasteiger partial charge >= 0.3 is 0 Å². The van der Waals surface area contributed by atoms with Crippen molar-refractivity contribution in [2.24, 2.45) is 5.10 Å². The van der Waals surface area contributed by atoms with E-state index in [0.29, 0.717) is 17.3 Å². The zero-order valence-corrected chi connectivity index (χ0v) is 18.0. The summed E-state index contributed by atoms with van der Waals surface area (Å²) in [4.78, 5) is 16.9. The molecular weight excluding hydrogens is 432 g/mol. The molecule has 1 amide bonds. The van der Waals surface area contributed by atoms with Crippen LogP contribution in [0.2, 0.25) is 5.02 Å². The first-order chi connectivity index (χ1) is 15.2. The number of nitrogens with zero attached hydrogens (tertiary/aromatic N) is 3. The molecule has 31 heavy (non-hydrogen) atoms. The maximum atomic E-state index is 12.2. The van der Waals surface area contributed by atoms with Gasteiger partial charge in [-0.3, -0.25) is 4.79 Å². The van der Waals surface area contributed by atoms with Crippen molar-refractivity contribution in [3.05, 3.63) is 89.3 Å². The summed E-state index contributed by atoms with van der Waals surface area (Å²) in [5, 5.41) is 5.36. The van der Waals surface area contributed by atoms with E-state index >= 15 is 0 Å². The highest BCUT2D eigenvalue weighted by molar-refractivity contribution is 7.99. The van der Waals surface area contributed by atoms with Crippen LogP contribution in [0, 0.1) is 0 Å². The number of nitrogens with one attached hydrogen (secondary N) is 1. The summed E-state index contributed by atoms with van der Waals surface area (Å²) in [5.41, 5.74) is 5.37. The van der Waals surface area contributed by atoms with Crippen molar-refractivity contribution < 1.29 is 9.21 Å². The Morgan fingerprint density at radius 2 is 2.00 bits per heavy atom. The molecule has 0 atom stereocenters. The monoisotopic (exact) mass is 450 g/mol. The molecule has 0 unspecified atom stereocenters. The van der Waals surface area contributed by atoms with Crippen LogP contribution in [0.1, 0.15) is 11.3 Å². The quantitative estimate of drug-likeness (QED) is 0.226. The van der Waals surface area contributed by atoms with Gasteiger partial charge in [-0.25, -0.2) is 10.4 Å². The number of fused-ring (bicyclic) bond motifs is 1. The van der Waals surface area contributed by atoms with Crippen LogP contribution in [0.25, 0.3) is 17.1 Å². The molecule has 0 aliphatic rings. The Morgan fingerprint density at radius 3 is 2.84 bits per heavy atom. The summed E-state index contributed by atoms with van der Waals surface area (Å²) in [6, 6.07) is 19.2. The zero-order valence-electron chi connectivity index (χ0n) is 16.4. The molecule has 6 nitrogen and oxygen atoms in total. The van der Waals surface area contributed by atoms with E-state index in [1.165, 1.54) is 18.0 Å². The highest BCUT2D eigenvalue weighted by Gasteiger charge is 2.14. The van der Waals surface area contributed by atoms with Gasteiger partial charge < -0.3 is 8.98 Å². The minimum atomic E-state index is -0.219. The standard InChI is InChI=1S/C23H19ClN4O2S/c24-19-10-2-1-7-17(19)15-28-21-12-4-3-11-20(21)26-23(28)31-16-22(29)27-25-13-5-8-18-9-6-14-30-18/h1-14H,15-16H2,(H,27,29)/b8-5-,25-13+. The van der Waals surface area contributed by atoms with E-state index in [9.17, 15) is 4.79 Å². The number of imidazole rings is 1. The van der Waals surface area contributed by atoms with Crippen LogP contribution in [0.15, 0.2) is 87.7 Å². The number of para-hydroxylation sites is 2. The molecule has 0 aliphatic carbocycles. The summed E-state index contributed by atoms with van der Waals surface area (Å²) in [7, 11) is 0. The number of carbonyl (C=O) groups excluding carboxylic acids is 1. The molecule has 1 N–H and O–H groups in total. The lowest BCUT2D eigenvalue weighted by Gasteiger charge is -2.10. The Morgan fingerprint density at radius 1 is 1.16 bits per heavy atom. The minimum absolute atomic E-state index is 0.186. The third-order valence-electron chi connectivity index (χ3n) is 4.39. The molecule has 8 heteroatoms. The van der Waals surface area contributed by atoms with E-state index in [1.54, 1.807) is 24.5 Å². The van der Waals surface area contributed by atoms with Crippen molar-refractivity contribution in [2.45, 2.75) is 11.7 Å². The Balaban J connectivity index is 1.42. The number of hydrogen-bond donors (Lipinski definition) is 1. The van der Waals surface area contributed by atoms with Crippen molar-refractivity contribution in [1.82, 2.24) is 15.0 Å². The lowest BCUT2D eigenvalue weighted by atomic mass is 10.2. The fourth-order valence-electron chi connectivity index (χ4n) is 2.95. The van der Waals surface area contributed by atoms with Crippen molar-refractivity contribution in [2.75, 3.05) is 5.75 Å². The van der Waals surface area contributed by atoms with E-state index in [2.05, 4.69) is 15.1 Å². The molecule has 2 heterocycles. The van der Waals surface area contributed by atoms with Crippen LogP contribution in [-0.2, 0) is 11.3 Å². The maximum Gasteiger partial charge on any atom is 0.250 e. The van der Waals surface area contributed by atoms with Gasteiger partial charge in [-0.1, -0.05) is 53.7 Å². The molecule has 4 rings (SSSR count). The number of amides is 1. The summed E-state index contributed by atoms with van der Waals surface area (Å²) < 4.78 is 7.25. The average Bonchev–Trinajstić information content (AvgIpc) is 3.42. The first kappa shape index (κ1) is 21.0. The summed E-state index contributed by atoms with van der Waals surface area (Å²) in [6.45, 7) is 0.569. The lowest BCUT2D eigenvalue weighted by molar-refractivity contribution is -0.118. The number of hydrogen-bond acceptors (Lipinski definition) is 5. The summed E-state index contributed by atoms with van der Waals surface area (Å²) in [6.07, 6.45) is 6.53. The van der Waals surface area contributed by atoms with E-state index in [-0.39, 0.29) is 11.7 Å². The molecule has 0 radical (unpaired) electrons. The average molecular weight is 451 g/mol. The first-order valence-corrected chi connectivity index (χ1v) is 10.9. The molecule has 0 saturated heterocycles. The number of halogens is 1. The second kappa shape index (κ2) is 10.1. The van der Waals surface area contributed by atoms with Gasteiger partial charge in [0.15, 0.2) is 5.16 Å². The number of rotatable bonds is 8. The van der Waals surface area contributed by atoms with Crippen molar-refractivity contribution in [1.29, 1.82) is 0 Å². The van der Waals surface area contributed by atoms with Crippen molar-refractivity contribution >= 4 is 52.6 Å². The second-order valence-corrected chi connectivity index (χ2v) is 7.89. The Labute approximate surface area is 188 Å². The maximum absolute atomic E-state index is 12.2. The molecule has 2 aromatic heterocycles. The molecule has 0 aliphatic heterocycles. The predicted octanol–water partition coefficient (Wildman–Crippen LogP) is 5.24. The molecule has 0 saturated carbocycles. The zero-order chi connectivity index (χ0) is 21.5. The number of hydrazone groups is 1. The Hall–Kier alpha value is -3.29. The van der Waals surface area contributed by atoms with Crippen LogP contribution in [0.3, 0.4) is 0 Å². The number of aromatic nitrogens is 2. The highest BCUT2D eigenvalue weighted by Crippen LogP contribution is 2.26. The number of benzene rings is 2. The number of allylic oxidation sites excluding steroid dienone is 1. The summed E-state index contributed by atoms with van der Waals surface area (Å²) in [5.74, 6) is 0.681. The van der Waals surface area contributed by atoms with Gasteiger partial charge in [-0.05, 0) is 48.0 Å². The smallest absolute Gasteiger partial charge is 0.250 e. The van der Waals surface area contributed by atoms with Crippen LogP contribution in [-0.4, -0.2) is 27.4 Å². The molecular formula is C23H19ClN4O2S. The first-order valence-electron chi connectivity index (χ1n) is 9.54. The van der Waals surface area contributed by atoms with E-state index in [4.69, 9.17) is 21.0 Å². The number of furan rings is 1.